The summed E-state index contributed by atoms with van der Waals surface area (Å²) in [6.07, 6.45) is 5.73. The summed E-state index contributed by atoms with van der Waals surface area (Å²) in [6.45, 7) is 7.95. The summed E-state index contributed by atoms with van der Waals surface area (Å²) in [6, 6.07) is 0.601. The standard InChI is InChI=1S/C12H24N2O/c1-11(12-5-4-6-13-12)15-10-9-14-7-2-3-8-14/h11-13H,2-10H2,1H3. The molecule has 2 aliphatic heterocycles. The highest BCUT2D eigenvalue weighted by molar-refractivity contribution is 4.79. The smallest absolute Gasteiger partial charge is 0.0700 e. The molecule has 2 aliphatic rings. The van der Waals surface area contributed by atoms with Crippen molar-refractivity contribution in [3.05, 3.63) is 0 Å². The second-order valence-corrected chi connectivity index (χ2v) is 4.83. The second kappa shape index (κ2) is 5.83. The van der Waals surface area contributed by atoms with E-state index < -0.39 is 0 Å². The number of hydrogen-bond acceptors (Lipinski definition) is 3. The summed E-state index contributed by atoms with van der Waals surface area (Å²) in [5, 5.41) is 3.50. The van der Waals surface area contributed by atoms with Gasteiger partial charge in [0.1, 0.15) is 0 Å². The van der Waals surface area contributed by atoms with Crippen molar-refractivity contribution >= 4 is 0 Å². The highest BCUT2D eigenvalue weighted by atomic mass is 16.5. The molecule has 2 fully saturated rings. The monoisotopic (exact) mass is 212 g/mol. The van der Waals surface area contributed by atoms with Crippen LogP contribution < -0.4 is 5.32 Å². The fourth-order valence-electron chi connectivity index (χ4n) is 2.60. The highest BCUT2D eigenvalue weighted by Crippen LogP contribution is 2.12. The molecule has 3 nitrogen and oxygen atoms in total. The summed E-state index contributed by atoms with van der Waals surface area (Å²) in [7, 11) is 0. The molecular weight excluding hydrogens is 188 g/mol. The summed E-state index contributed by atoms with van der Waals surface area (Å²) < 4.78 is 5.88. The van der Waals surface area contributed by atoms with Gasteiger partial charge in [0, 0.05) is 12.6 Å². The number of ether oxygens (including phenoxy) is 1. The Kier molecular flexibility index (Phi) is 4.42. The molecule has 1 N–H and O–H groups in total. The predicted octanol–water partition coefficient (Wildman–Crippen LogP) is 1.24. The largest absolute Gasteiger partial charge is 0.376 e. The van der Waals surface area contributed by atoms with Gasteiger partial charge in [0.2, 0.25) is 0 Å². The molecule has 0 amide bonds. The predicted molar refractivity (Wildman–Crippen MR) is 62.1 cm³/mol. The van der Waals surface area contributed by atoms with Crippen LogP contribution >= 0.6 is 0 Å². The van der Waals surface area contributed by atoms with Crippen molar-refractivity contribution in [2.45, 2.75) is 44.8 Å². The molecule has 0 saturated carbocycles. The van der Waals surface area contributed by atoms with E-state index in [-0.39, 0.29) is 0 Å². The lowest BCUT2D eigenvalue weighted by Crippen LogP contribution is -2.36. The van der Waals surface area contributed by atoms with Crippen molar-refractivity contribution in [1.29, 1.82) is 0 Å². The van der Waals surface area contributed by atoms with Gasteiger partial charge >= 0.3 is 0 Å². The summed E-state index contributed by atoms with van der Waals surface area (Å²) >= 11 is 0. The lowest BCUT2D eigenvalue weighted by Gasteiger charge is -2.22. The third-order valence-electron chi connectivity index (χ3n) is 3.65. The topological polar surface area (TPSA) is 24.5 Å². The van der Waals surface area contributed by atoms with E-state index in [1.54, 1.807) is 0 Å². The Bertz CT molecular complexity index is 174. The molecule has 0 aromatic carbocycles. The molecular formula is C12H24N2O. The third-order valence-corrected chi connectivity index (χ3v) is 3.65. The molecule has 88 valence electrons. The van der Waals surface area contributed by atoms with Crippen LogP contribution in [0.25, 0.3) is 0 Å². The van der Waals surface area contributed by atoms with E-state index in [2.05, 4.69) is 17.1 Å². The molecule has 15 heavy (non-hydrogen) atoms. The molecule has 0 bridgehead atoms. The van der Waals surface area contributed by atoms with E-state index in [1.807, 2.05) is 0 Å². The SMILES string of the molecule is CC(OCCN1CCCC1)C1CCCN1. The molecule has 0 spiro atoms. The van der Waals surface area contributed by atoms with Gasteiger partial charge in [0.15, 0.2) is 0 Å². The van der Waals surface area contributed by atoms with Gasteiger partial charge in [-0.3, -0.25) is 0 Å². The van der Waals surface area contributed by atoms with E-state index in [1.165, 1.54) is 45.3 Å². The van der Waals surface area contributed by atoms with Gasteiger partial charge in [0.05, 0.1) is 12.7 Å². The van der Waals surface area contributed by atoms with Crippen LogP contribution in [0.2, 0.25) is 0 Å². The number of nitrogens with one attached hydrogen (secondary N) is 1. The van der Waals surface area contributed by atoms with E-state index in [9.17, 15) is 0 Å². The molecule has 2 rings (SSSR count). The zero-order chi connectivity index (χ0) is 10.5. The zero-order valence-corrected chi connectivity index (χ0v) is 9.87. The van der Waals surface area contributed by atoms with Crippen molar-refractivity contribution in [3.8, 4) is 0 Å². The van der Waals surface area contributed by atoms with Gasteiger partial charge in [-0.2, -0.15) is 0 Å². The van der Waals surface area contributed by atoms with Gasteiger partial charge in [-0.25, -0.2) is 0 Å². The average molecular weight is 212 g/mol. The Morgan fingerprint density at radius 3 is 2.80 bits per heavy atom. The molecule has 2 unspecified atom stereocenters. The van der Waals surface area contributed by atoms with Crippen LogP contribution in [-0.4, -0.2) is 49.8 Å². The van der Waals surface area contributed by atoms with Crippen molar-refractivity contribution in [3.63, 3.8) is 0 Å². The molecule has 0 aliphatic carbocycles. The molecule has 3 heteroatoms. The fourth-order valence-corrected chi connectivity index (χ4v) is 2.60. The Morgan fingerprint density at radius 2 is 2.13 bits per heavy atom. The first-order chi connectivity index (χ1) is 7.36. The van der Waals surface area contributed by atoms with Crippen LogP contribution in [0, 0.1) is 0 Å². The average Bonchev–Trinajstić information content (AvgIpc) is 2.90. The van der Waals surface area contributed by atoms with E-state index in [4.69, 9.17) is 4.74 Å². The molecule has 0 radical (unpaired) electrons. The van der Waals surface area contributed by atoms with E-state index in [0.717, 1.165) is 13.2 Å². The van der Waals surface area contributed by atoms with Gasteiger partial charge < -0.3 is 15.0 Å². The van der Waals surface area contributed by atoms with Gasteiger partial charge in [-0.15, -0.1) is 0 Å². The van der Waals surface area contributed by atoms with Gasteiger partial charge in [0.25, 0.3) is 0 Å². The van der Waals surface area contributed by atoms with Crippen LogP contribution in [0.1, 0.15) is 32.6 Å². The lowest BCUT2D eigenvalue weighted by atomic mass is 10.1. The summed E-state index contributed by atoms with van der Waals surface area (Å²) in [4.78, 5) is 2.51. The number of hydrogen-bond donors (Lipinski definition) is 1. The molecule has 0 aromatic heterocycles. The van der Waals surface area contributed by atoms with E-state index in [0.29, 0.717) is 12.1 Å². The molecule has 2 heterocycles. The van der Waals surface area contributed by atoms with Crippen LogP contribution in [0.3, 0.4) is 0 Å². The Balaban J connectivity index is 1.56. The number of nitrogens with zero attached hydrogens (tertiary/aromatic N) is 1. The summed E-state index contributed by atoms with van der Waals surface area (Å²) in [5.41, 5.74) is 0. The minimum absolute atomic E-state index is 0.384. The maximum Gasteiger partial charge on any atom is 0.0700 e. The minimum Gasteiger partial charge on any atom is -0.376 e. The van der Waals surface area contributed by atoms with E-state index >= 15 is 0 Å². The van der Waals surface area contributed by atoms with Gasteiger partial charge in [-0.1, -0.05) is 0 Å². The second-order valence-electron chi connectivity index (χ2n) is 4.83. The van der Waals surface area contributed by atoms with Crippen LogP contribution in [-0.2, 0) is 4.74 Å². The lowest BCUT2D eigenvalue weighted by molar-refractivity contribution is 0.0325. The summed E-state index contributed by atoms with van der Waals surface area (Å²) in [5.74, 6) is 0. The van der Waals surface area contributed by atoms with Crippen LogP contribution in [0.4, 0.5) is 0 Å². The van der Waals surface area contributed by atoms with Crippen LogP contribution in [0.15, 0.2) is 0 Å². The Labute approximate surface area is 93.2 Å². The fraction of sp³-hybridized carbons (Fsp3) is 1.00. The molecule has 0 aromatic rings. The Morgan fingerprint density at radius 1 is 1.33 bits per heavy atom. The highest BCUT2D eigenvalue weighted by Gasteiger charge is 2.21. The maximum absolute atomic E-state index is 5.88. The van der Waals surface area contributed by atoms with Crippen LogP contribution in [0.5, 0.6) is 0 Å². The first-order valence-electron chi connectivity index (χ1n) is 6.43. The molecule has 2 saturated heterocycles. The normalized spacial score (nSPS) is 29.8. The zero-order valence-electron chi connectivity index (χ0n) is 9.87. The van der Waals surface area contributed by atoms with Crippen molar-refractivity contribution in [1.82, 2.24) is 10.2 Å². The first-order valence-corrected chi connectivity index (χ1v) is 6.43. The Hall–Kier alpha value is -0.120. The minimum atomic E-state index is 0.384. The number of rotatable bonds is 5. The maximum atomic E-state index is 5.88. The third kappa shape index (κ3) is 3.44. The number of likely N-dealkylation sites (tertiary alicyclic amines) is 1. The van der Waals surface area contributed by atoms with Crippen molar-refractivity contribution in [2.75, 3.05) is 32.8 Å². The van der Waals surface area contributed by atoms with Gasteiger partial charge in [-0.05, 0) is 52.2 Å². The quantitative estimate of drug-likeness (QED) is 0.742. The molecule has 2 atom stereocenters. The first kappa shape index (κ1) is 11.4. The van der Waals surface area contributed by atoms with Crippen molar-refractivity contribution in [2.24, 2.45) is 0 Å². The van der Waals surface area contributed by atoms with Crippen molar-refractivity contribution < 1.29 is 4.74 Å².